The Balaban J connectivity index is 0.000000261. The lowest BCUT2D eigenvalue weighted by Crippen LogP contribution is -2.31. The predicted octanol–water partition coefficient (Wildman–Crippen LogP) is 7.81. The minimum atomic E-state index is 0. The number of benzene rings is 2. The van der Waals surface area contributed by atoms with E-state index in [1.807, 2.05) is 0 Å². The summed E-state index contributed by atoms with van der Waals surface area (Å²) in [5, 5.41) is 4.87. The molecule has 28 heavy (non-hydrogen) atoms. The third kappa shape index (κ3) is 5.41. The summed E-state index contributed by atoms with van der Waals surface area (Å²) in [4.78, 5) is 3.44. The van der Waals surface area contributed by atoms with Crippen LogP contribution in [0.25, 0.3) is 10.9 Å². The standard InChI is InChI=1S/C12H17N.C12H15N.2CH4/c2*1-12(2,3)11-8-9-6-4-5-7-10(9)13-11;;/h4-7,11,13H,8H2,1-3H3;4-8,13H,1-3H3;2*1H4. The zero-order valence-electron chi connectivity index (χ0n) is 17.0. The van der Waals surface area contributed by atoms with E-state index in [0.29, 0.717) is 11.5 Å². The van der Waals surface area contributed by atoms with E-state index in [2.05, 4.69) is 106 Å². The first kappa shape index (κ1) is 23.8. The fourth-order valence-corrected chi connectivity index (χ4v) is 3.30. The molecule has 3 aromatic rings. The van der Waals surface area contributed by atoms with E-state index in [1.54, 1.807) is 0 Å². The number of H-pyrrole nitrogens is 1. The quantitative estimate of drug-likeness (QED) is 0.409. The van der Waals surface area contributed by atoms with Crippen LogP contribution in [-0.2, 0) is 11.8 Å². The summed E-state index contributed by atoms with van der Waals surface area (Å²) in [6.45, 7) is 13.5. The van der Waals surface area contributed by atoms with Crippen molar-refractivity contribution in [1.29, 1.82) is 0 Å². The molecule has 2 nitrogen and oxygen atoms in total. The summed E-state index contributed by atoms with van der Waals surface area (Å²) < 4.78 is 0. The largest absolute Gasteiger partial charge is 0.381 e. The van der Waals surface area contributed by atoms with E-state index >= 15 is 0 Å². The van der Waals surface area contributed by atoms with Gasteiger partial charge in [0.15, 0.2) is 0 Å². The Morgan fingerprint density at radius 3 is 2.00 bits per heavy atom. The second kappa shape index (κ2) is 8.86. The van der Waals surface area contributed by atoms with Gasteiger partial charge in [-0.25, -0.2) is 0 Å². The smallest absolute Gasteiger partial charge is 0.0456 e. The van der Waals surface area contributed by atoms with Gasteiger partial charge in [-0.05, 0) is 41.0 Å². The van der Waals surface area contributed by atoms with Crippen molar-refractivity contribution < 1.29 is 0 Å². The molecule has 0 bridgehead atoms. The summed E-state index contributed by atoms with van der Waals surface area (Å²) in [6.07, 6.45) is 1.17. The van der Waals surface area contributed by atoms with Gasteiger partial charge in [0.25, 0.3) is 0 Å². The molecule has 0 fully saturated rings. The van der Waals surface area contributed by atoms with E-state index in [4.69, 9.17) is 0 Å². The van der Waals surface area contributed by atoms with Crippen LogP contribution in [0.2, 0.25) is 0 Å². The molecular formula is C26H40N2. The average molecular weight is 381 g/mol. The minimum absolute atomic E-state index is 0. The van der Waals surface area contributed by atoms with Gasteiger partial charge in [-0.2, -0.15) is 0 Å². The fourth-order valence-electron chi connectivity index (χ4n) is 3.30. The summed E-state index contributed by atoms with van der Waals surface area (Å²) in [7, 11) is 0. The Morgan fingerprint density at radius 2 is 1.43 bits per heavy atom. The SMILES string of the molecule is C.C.CC(C)(C)C1Cc2ccccc2N1.CC(C)(C)c1cc2ccccc2[nH]1. The van der Waals surface area contributed by atoms with Crippen LogP contribution in [0, 0.1) is 5.41 Å². The first-order valence-corrected chi connectivity index (χ1v) is 9.57. The number of fused-ring (bicyclic) bond motifs is 2. The molecule has 0 radical (unpaired) electrons. The topological polar surface area (TPSA) is 27.8 Å². The zero-order valence-corrected chi connectivity index (χ0v) is 17.0. The number of hydrogen-bond donors (Lipinski definition) is 2. The molecule has 2 heterocycles. The third-order valence-corrected chi connectivity index (χ3v) is 5.15. The molecule has 0 amide bonds. The maximum atomic E-state index is 3.57. The molecule has 1 atom stereocenters. The molecule has 0 saturated carbocycles. The van der Waals surface area contributed by atoms with Crippen molar-refractivity contribution >= 4 is 16.6 Å². The van der Waals surface area contributed by atoms with Gasteiger partial charge in [0.1, 0.15) is 0 Å². The Labute approximate surface area is 172 Å². The summed E-state index contributed by atoms with van der Waals surface area (Å²) in [5.41, 5.74) is 5.86. The van der Waals surface area contributed by atoms with Crippen molar-refractivity contribution in [3.8, 4) is 0 Å². The van der Waals surface area contributed by atoms with Crippen molar-refractivity contribution in [2.24, 2.45) is 5.41 Å². The fraction of sp³-hybridized carbons (Fsp3) is 0.462. The van der Waals surface area contributed by atoms with Gasteiger partial charge in [0.2, 0.25) is 0 Å². The van der Waals surface area contributed by atoms with Gasteiger partial charge < -0.3 is 10.3 Å². The normalized spacial score (nSPS) is 15.4. The Bertz CT molecular complexity index is 817. The van der Waals surface area contributed by atoms with Crippen LogP contribution in [-0.4, -0.2) is 11.0 Å². The highest BCUT2D eigenvalue weighted by molar-refractivity contribution is 5.80. The lowest BCUT2D eigenvalue weighted by Gasteiger charge is -2.27. The second-order valence-electron chi connectivity index (χ2n) is 9.44. The van der Waals surface area contributed by atoms with Gasteiger partial charge in [0, 0.05) is 28.4 Å². The number of nitrogens with one attached hydrogen (secondary N) is 2. The number of para-hydroxylation sites is 2. The molecule has 2 aromatic carbocycles. The maximum absolute atomic E-state index is 3.57. The van der Waals surface area contributed by atoms with E-state index in [9.17, 15) is 0 Å². The molecule has 1 aromatic heterocycles. The third-order valence-electron chi connectivity index (χ3n) is 5.15. The zero-order chi connectivity index (χ0) is 18.9. The van der Waals surface area contributed by atoms with Crippen LogP contribution in [0.3, 0.4) is 0 Å². The van der Waals surface area contributed by atoms with Crippen LogP contribution in [0.15, 0.2) is 54.6 Å². The Kier molecular flexibility index (Phi) is 7.53. The Hall–Kier alpha value is -2.22. The molecule has 0 aliphatic carbocycles. The molecule has 0 saturated heterocycles. The van der Waals surface area contributed by atoms with Gasteiger partial charge in [-0.15, -0.1) is 0 Å². The summed E-state index contributed by atoms with van der Waals surface area (Å²) >= 11 is 0. The summed E-state index contributed by atoms with van der Waals surface area (Å²) in [6, 6.07) is 19.8. The van der Waals surface area contributed by atoms with Gasteiger partial charge in [-0.3, -0.25) is 0 Å². The molecule has 1 unspecified atom stereocenters. The first-order chi connectivity index (χ1) is 12.1. The molecule has 1 aliphatic rings. The van der Waals surface area contributed by atoms with Crippen molar-refractivity contribution in [3.05, 3.63) is 65.9 Å². The van der Waals surface area contributed by atoms with E-state index in [1.165, 1.54) is 34.3 Å². The van der Waals surface area contributed by atoms with Gasteiger partial charge >= 0.3 is 0 Å². The van der Waals surface area contributed by atoms with Crippen LogP contribution in [0.4, 0.5) is 5.69 Å². The van der Waals surface area contributed by atoms with Crippen molar-refractivity contribution in [2.75, 3.05) is 5.32 Å². The lowest BCUT2D eigenvalue weighted by molar-refractivity contribution is 0.347. The van der Waals surface area contributed by atoms with Crippen molar-refractivity contribution in [1.82, 2.24) is 4.98 Å². The van der Waals surface area contributed by atoms with Crippen LogP contribution in [0.5, 0.6) is 0 Å². The highest BCUT2D eigenvalue weighted by Gasteiger charge is 2.29. The lowest BCUT2D eigenvalue weighted by atomic mass is 9.85. The van der Waals surface area contributed by atoms with Crippen LogP contribution < -0.4 is 5.32 Å². The van der Waals surface area contributed by atoms with Crippen LogP contribution in [0.1, 0.15) is 67.7 Å². The highest BCUT2D eigenvalue weighted by atomic mass is 15.0. The predicted molar refractivity (Wildman–Crippen MR) is 127 cm³/mol. The number of aromatic amines is 1. The van der Waals surface area contributed by atoms with Gasteiger partial charge in [0.05, 0.1) is 0 Å². The van der Waals surface area contributed by atoms with Gasteiger partial charge in [-0.1, -0.05) is 92.8 Å². The molecule has 154 valence electrons. The van der Waals surface area contributed by atoms with E-state index in [-0.39, 0.29) is 20.3 Å². The van der Waals surface area contributed by atoms with E-state index in [0.717, 1.165) is 0 Å². The summed E-state index contributed by atoms with van der Waals surface area (Å²) in [5.74, 6) is 0. The molecule has 4 rings (SSSR count). The second-order valence-corrected chi connectivity index (χ2v) is 9.44. The molecular weight excluding hydrogens is 340 g/mol. The van der Waals surface area contributed by atoms with E-state index < -0.39 is 0 Å². The number of aromatic nitrogens is 1. The van der Waals surface area contributed by atoms with Crippen molar-refractivity contribution in [2.45, 2.75) is 74.3 Å². The molecule has 2 N–H and O–H groups in total. The molecule has 1 aliphatic heterocycles. The maximum Gasteiger partial charge on any atom is 0.0456 e. The Morgan fingerprint density at radius 1 is 0.821 bits per heavy atom. The molecule has 0 spiro atoms. The number of rotatable bonds is 0. The van der Waals surface area contributed by atoms with Crippen molar-refractivity contribution in [3.63, 3.8) is 0 Å². The molecule has 2 heteroatoms. The highest BCUT2D eigenvalue weighted by Crippen LogP contribution is 2.33. The van der Waals surface area contributed by atoms with Crippen LogP contribution >= 0.6 is 0 Å². The monoisotopic (exact) mass is 380 g/mol. The average Bonchev–Trinajstić information content (AvgIpc) is 3.19. The minimum Gasteiger partial charge on any atom is -0.381 e. The number of anilines is 1. The number of hydrogen-bond acceptors (Lipinski definition) is 1. The first-order valence-electron chi connectivity index (χ1n) is 9.57.